The molecule has 0 spiro atoms. The van der Waals surface area contributed by atoms with Crippen molar-refractivity contribution in [1.29, 1.82) is 0 Å². The summed E-state index contributed by atoms with van der Waals surface area (Å²) in [7, 11) is 0. The van der Waals surface area contributed by atoms with Gasteiger partial charge in [0.15, 0.2) is 0 Å². The Morgan fingerprint density at radius 2 is 2.07 bits per heavy atom. The van der Waals surface area contributed by atoms with Gasteiger partial charge in [0.1, 0.15) is 0 Å². The van der Waals surface area contributed by atoms with E-state index >= 15 is 0 Å². The molecule has 1 nitrogen and oxygen atoms in total. The van der Waals surface area contributed by atoms with Crippen molar-refractivity contribution in [3.63, 3.8) is 0 Å². The normalized spacial score (nSPS) is 12.7. The molecule has 0 aliphatic heterocycles. The molecule has 1 atom stereocenters. The Bertz CT molecular complexity index is 286. The summed E-state index contributed by atoms with van der Waals surface area (Å²) < 4.78 is 1.24. The van der Waals surface area contributed by atoms with E-state index in [4.69, 9.17) is 0 Å². The van der Waals surface area contributed by atoms with Gasteiger partial charge in [-0.25, -0.2) is 0 Å². The van der Waals surface area contributed by atoms with Crippen LogP contribution < -0.4 is 5.32 Å². The minimum atomic E-state index is 0.739. The molecule has 1 aromatic rings. The predicted molar refractivity (Wildman–Crippen MR) is 70.2 cm³/mol. The van der Waals surface area contributed by atoms with E-state index in [2.05, 4.69) is 59.4 Å². The van der Waals surface area contributed by atoms with Gasteiger partial charge < -0.3 is 5.32 Å². The third-order valence-corrected chi connectivity index (χ3v) is 3.36. The number of halogens is 1. The monoisotopic (exact) mass is 269 g/mol. The highest BCUT2D eigenvalue weighted by Gasteiger charge is 2.05. The van der Waals surface area contributed by atoms with E-state index in [0.29, 0.717) is 0 Å². The lowest BCUT2D eigenvalue weighted by atomic mass is 9.98. The summed E-state index contributed by atoms with van der Waals surface area (Å²) in [5, 5.41) is 3.37. The largest absolute Gasteiger partial charge is 0.317 e. The fourth-order valence-electron chi connectivity index (χ4n) is 1.67. The lowest BCUT2D eigenvalue weighted by molar-refractivity contribution is 0.504. The molecule has 0 bridgehead atoms. The van der Waals surface area contributed by atoms with E-state index in [1.165, 1.54) is 16.5 Å². The fraction of sp³-hybridized carbons (Fsp3) is 0.538. The van der Waals surface area contributed by atoms with Crippen LogP contribution in [0.15, 0.2) is 28.7 Å². The molecule has 1 unspecified atom stereocenters. The minimum Gasteiger partial charge on any atom is -0.317 e. The van der Waals surface area contributed by atoms with Crippen molar-refractivity contribution in [3.8, 4) is 0 Å². The van der Waals surface area contributed by atoms with Gasteiger partial charge in [0.05, 0.1) is 0 Å². The molecule has 1 rings (SSSR count). The van der Waals surface area contributed by atoms with Crippen LogP contribution in [-0.2, 0) is 6.42 Å². The number of nitrogens with one attached hydrogen (secondary N) is 1. The van der Waals surface area contributed by atoms with E-state index in [-0.39, 0.29) is 0 Å². The van der Waals surface area contributed by atoms with Gasteiger partial charge in [-0.15, -0.1) is 0 Å². The van der Waals surface area contributed by atoms with Gasteiger partial charge in [0.25, 0.3) is 0 Å². The van der Waals surface area contributed by atoms with Crippen molar-refractivity contribution in [2.45, 2.75) is 26.7 Å². The second-order valence-electron chi connectivity index (χ2n) is 4.04. The van der Waals surface area contributed by atoms with E-state index in [1.54, 1.807) is 0 Å². The van der Waals surface area contributed by atoms with Crippen molar-refractivity contribution in [1.82, 2.24) is 5.32 Å². The molecule has 0 aliphatic rings. The fourth-order valence-corrected chi connectivity index (χ4v) is 2.11. The first-order valence-corrected chi connectivity index (χ1v) is 6.47. The topological polar surface area (TPSA) is 12.0 Å². The summed E-state index contributed by atoms with van der Waals surface area (Å²) in [6, 6.07) is 8.49. The maximum Gasteiger partial charge on any atom is 0.0207 e. The third-order valence-electron chi connectivity index (χ3n) is 2.59. The van der Waals surface area contributed by atoms with Crippen LogP contribution in [0.25, 0.3) is 0 Å². The van der Waals surface area contributed by atoms with Crippen LogP contribution in [0.3, 0.4) is 0 Å². The number of hydrogen-bond donors (Lipinski definition) is 1. The van der Waals surface area contributed by atoms with Gasteiger partial charge in [0.2, 0.25) is 0 Å². The number of hydrogen-bond acceptors (Lipinski definition) is 1. The molecule has 15 heavy (non-hydrogen) atoms. The Morgan fingerprint density at radius 1 is 1.33 bits per heavy atom. The highest BCUT2D eigenvalue weighted by atomic mass is 79.9. The summed E-state index contributed by atoms with van der Waals surface area (Å²) in [6.07, 6.45) is 2.40. The van der Waals surface area contributed by atoms with Gasteiger partial charge in [-0.3, -0.25) is 0 Å². The summed E-state index contributed by atoms with van der Waals surface area (Å²) in [5.74, 6) is 0.739. The lowest BCUT2D eigenvalue weighted by Crippen LogP contribution is -2.17. The Kier molecular flexibility index (Phi) is 5.96. The number of benzene rings is 1. The Hall–Kier alpha value is -0.340. The van der Waals surface area contributed by atoms with Crippen molar-refractivity contribution in [2.75, 3.05) is 13.1 Å². The zero-order chi connectivity index (χ0) is 11.1. The van der Waals surface area contributed by atoms with Crippen molar-refractivity contribution in [2.24, 2.45) is 5.92 Å². The molecule has 0 amide bonds. The summed E-state index contributed by atoms with van der Waals surface area (Å²) in [4.78, 5) is 0. The Morgan fingerprint density at radius 3 is 2.73 bits per heavy atom. The number of rotatable bonds is 6. The molecular weight excluding hydrogens is 250 g/mol. The van der Waals surface area contributed by atoms with E-state index in [1.807, 2.05) is 0 Å². The van der Waals surface area contributed by atoms with Gasteiger partial charge in [-0.05, 0) is 43.5 Å². The average molecular weight is 270 g/mol. The molecular formula is C13H20BrN. The molecule has 1 aromatic carbocycles. The molecule has 0 fully saturated rings. The van der Waals surface area contributed by atoms with E-state index < -0.39 is 0 Å². The summed E-state index contributed by atoms with van der Waals surface area (Å²) in [5.41, 5.74) is 1.42. The van der Waals surface area contributed by atoms with Crippen molar-refractivity contribution < 1.29 is 0 Å². The Labute approximate surface area is 101 Å². The molecule has 0 heterocycles. The van der Waals surface area contributed by atoms with Crippen LogP contribution >= 0.6 is 15.9 Å². The van der Waals surface area contributed by atoms with E-state index in [0.717, 1.165) is 25.4 Å². The van der Waals surface area contributed by atoms with Crippen LogP contribution in [0, 0.1) is 5.92 Å². The van der Waals surface area contributed by atoms with E-state index in [9.17, 15) is 0 Å². The van der Waals surface area contributed by atoms with Crippen LogP contribution in [0.1, 0.15) is 25.8 Å². The Balaban J connectivity index is 2.37. The molecule has 0 saturated heterocycles. The van der Waals surface area contributed by atoms with Crippen LogP contribution in [0.5, 0.6) is 0 Å². The minimum absolute atomic E-state index is 0.739. The smallest absolute Gasteiger partial charge is 0.0207 e. The zero-order valence-electron chi connectivity index (χ0n) is 9.59. The highest BCUT2D eigenvalue weighted by Crippen LogP contribution is 2.20. The van der Waals surface area contributed by atoms with Crippen molar-refractivity contribution >= 4 is 15.9 Å². The van der Waals surface area contributed by atoms with Gasteiger partial charge in [-0.1, -0.05) is 48.0 Å². The predicted octanol–water partition coefficient (Wildman–Crippen LogP) is 3.63. The molecule has 1 N–H and O–H groups in total. The molecule has 2 heteroatoms. The van der Waals surface area contributed by atoms with Crippen LogP contribution in [0.2, 0.25) is 0 Å². The molecule has 0 aliphatic carbocycles. The maximum atomic E-state index is 3.59. The second-order valence-corrected chi connectivity index (χ2v) is 4.90. The first kappa shape index (κ1) is 12.7. The van der Waals surface area contributed by atoms with Gasteiger partial charge in [-0.2, -0.15) is 0 Å². The van der Waals surface area contributed by atoms with Crippen LogP contribution in [0.4, 0.5) is 0 Å². The zero-order valence-corrected chi connectivity index (χ0v) is 11.2. The SMILES string of the molecule is CCNCCC(C)Cc1ccccc1Br. The first-order valence-electron chi connectivity index (χ1n) is 5.68. The maximum absolute atomic E-state index is 3.59. The summed E-state index contributed by atoms with van der Waals surface area (Å²) >= 11 is 3.59. The highest BCUT2D eigenvalue weighted by molar-refractivity contribution is 9.10. The van der Waals surface area contributed by atoms with Gasteiger partial charge >= 0.3 is 0 Å². The average Bonchev–Trinajstić information content (AvgIpc) is 2.22. The first-order chi connectivity index (χ1) is 7.24. The third kappa shape index (κ3) is 4.80. The molecule has 0 radical (unpaired) electrons. The molecule has 0 saturated carbocycles. The van der Waals surface area contributed by atoms with Gasteiger partial charge in [0, 0.05) is 4.47 Å². The second kappa shape index (κ2) is 7.02. The molecule has 0 aromatic heterocycles. The van der Waals surface area contributed by atoms with Crippen LogP contribution in [-0.4, -0.2) is 13.1 Å². The van der Waals surface area contributed by atoms with Crippen molar-refractivity contribution in [3.05, 3.63) is 34.3 Å². The lowest BCUT2D eigenvalue weighted by Gasteiger charge is -2.12. The molecule has 84 valence electrons. The standard InChI is InChI=1S/C13H20BrN/c1-3-15-9-8-11(2)10-12-6-4-5-7-13(12)14/h4-7,11,15H,3,8-10H2,1-2H3. The summed E-state index contributed by atoms with van der Waals surface area (Å²) in [6.45, 7) is 6.67. The quantitative estimate of drug-likeness (QED) is 0.778.